The van der Waals surface area contributed by atoms with Crippen LogP contribution in [0.4, 0.5) is 0 Å². The number of nitrogens with one attached hydrogen (secondary N) is 1. The summed E-state index contributed by atoms with van der Waals surface area (Å²) < 4.78 is 23.5. The van der Waals surface area contributed by atoms with Gasteiger partial charge in [-0.05, 0) is 44.9 Å². The van der Waals surface area contributed by atoms with Crippen molar-refractivity contribution in [2.24, 2.45) is 0 Å². The van der Waals surface area contributed by atoms with Gasteiger partial charge >= 0.3 is 0 Å². The third-order valence-corrected chi connectivity index (χ3v) is 16.7. The van der Waals surface area contributed by atoms with Gasteiger partial charge in [-0.3, -0.25) is 9.36 Å². The molecule has 0 bridgehead atoms. The van der Waals surface area contributed by atoms with Gasteiger partial charge in [0.15, 0.2) is 0 Å². The molecule has 0 fully saturated rings. The van der Waals surface area contributed by atoms with Gasteiger partial charge in [0.1, 0.15) is 13.2 Å². The number of likely N-dealkylation sites (N-methyl/N-ethyl adjacent to an activating group) is 1. The molecule has 452 valence electrons. The molecule has 0 rings (SSSR count). The third kappa shape index (κ3) is 60.6. The van der Waals surface area contributed by atoms with Gasteiger partial charge in [0.05, 0.1) is 39.9 Å². The van der Waals surface area contributed by atoms with Gasteiger partial charge in [0.2, 0.25) is 5.91 Å². The molecule has 9 heteroatoms. The highest BCUT2D eigenvalue weighted by atomic mass is 31.2. The number of hydrogen-bond donors (Lipinski definition) is 2. The largest absolute Gasteiger partial charge is 0.756 e. The summed E-state index contributed by atoms with van der Waals surface area (Å²) in [4.78, 5) is 25.6. The number of aliphatic hydroxyl groups is 1. The number of amides is 1. The smallest absolute Gasteiger partial charge is 0.268 e. The second-order valence-electron chi connectivity index (χ2n) is 24.5. The topological polar surface area (TPSA) is 108 Å². The molecule has 0 radical (unpaired) electrons. The molecule has 0 aromatic heterocycles. The predicted octanol–water partition coefficient (Wildman–Crippen LogP) is 20.5. The molecule has 3 unspecified atom stereocenters. The van der Waals surface area contributed by atoms with Gasteiger partial charge in [-0.25, -0.2) is 0 Å². The number of hydrogen-bond acceptors (Lipinski definition) is 6. The Kier molecular flexibility index (Phi) is 57.8. The van der Waals surface area contributed by atoms with Crippen molar-refractivity contribution in [2.45, 2.75) is 360 Å². The normalized spacial score (nSPS) is 13.8. The summed E-state index contributed by atoms with van der Waals surface area (Å²) in [5.74, 6) is -0.157. The third-order valence-electron chi connectivity index (χ3n) is 15.7. The van der Waals surface area contributed by atoms with Crippen LogP contribution < -0.4 is 10.2 Å². The first-order valence-electron chi connectivity index (χ1n) is 33.7. The van der Waals surface area contributed by atoms with E-state index >= 15 is 0 Å². The van der Waals surface area contributed by atoms with Crippen molar-refractivity contribution in [1.82, 2.24) is 5.32 Å². The van der Waals surface area contributed by atoms with Gasteiger partial charge in [-0.15, -0.1) is 0 Å². The fourth-order valence-electron chi connectivity index (χ4n) is 10.4. The molecule has 0 spiro atoms. The molecule has 0 aliphatic heterocycles. The number of carbonyl (C=O) groups excluding carboxylic acids is 1. The van der Waals surface area contributed by atoms with Crippen molar-refractivity contribution in [3.8, 4) is 0 Å². The minimum Gasteiger partial charge on any atom is -0.756 e. The van der Waals surface area contributed by atoms with E-state index in [0.29, 0.717) is 23.9 Å². The first-order valence-corrected chi connectivity index (χ1v) is 35.1. The minimum atomic E-state index is -4.58. The standard InChI is InChI=1S/C67H133N2O6P/c1-6-8-10-12-14-16-18-20-22-24-26-28-30-31-32-33-34-35-36-37-39-41-43-45-47-49-51-53-55-57-59-61-67(71)68-65(64-75-76(72,73)74-63-62-69(3,4)5)66(70)60-58-56-54-52-50-48-46-44-42-40-38-29-27-25-23-21-19-17-15-13-11-9-7-2/h18,20,24,26,65-66,70H,6-17,19,21-23,25,27-64H2,1-5H3,(H-,68,71,72,73)/b20-18-,26-24-. The van der Waals surface area contributed by atoms with E-state index in [2.05, 4.69) is 43.5 Å². The second-order valence-corrected chi connectivity index (χ2v) is 25.9. The summed E-state index contributed by atoms with van der Waals surface area (Å²) in [6.07, 6.45) is 75.3. The van der Waals surface area contributed by atoms with Crippen LogP contribution in [-0.2, 0) is 18.4 Å². The molecule has 0 aliphatic carbocycles. The lowest BCUT2D eigenvalue weighted by molar-refractivity contribution is -0.870. The molecule has 8 nitrogen and oxygen atoms in total. The number of allylic oxidation sites excluding steroid dienone is 4. The van der Waals surface area contributed by atoms with Crippen molar-refractivity contribution in [1.29, 1.82) is 0 Å². The van der Waals surface area contributed by atoms with Crippen LogP contribution in [-0.4, -0.2) is 68.5 Å². The summed E-state index contributed by atoms with van der Waals surface area (Å²) in [7, 11) is 1.32. The highest BCUT2D eigenvalue weighted by molar-refractivity contribution is 7.45. The average Bonchev–Trinajstić information content (AvgIpc) is 3.38. The maximum atomic E-state index is 13.0. The summed E-state index contributed by atoms with van der Waals surface area (Å²) in [5, 5.41) is 14.1. The van der Waals surface area contributed by atoms with Gasteiger partial charge in [-0.1, -0.05) is 321 Å². The summed E-state index contributed by atoms with van der Waals surface area (Å²) in [6.45, 7) is 4.77. The zero-order chi connectivity index (χ0) is 55.6. The lowest BCUT2D eigenvalue weighted by atomic mass is 10.0. The van der Waals surface area contributed by atoms with Crippen LogP contribution in [0.2, 0.25) is 0 Å². The van der Waals surface area contributed by atoms with Crippen molar-refractivity contribution in [3.63, 3.8) is 0 Å². The Hall–Kier alpha value is -1.02. The minimum absolute atomic E-state index is 0.0150. The number of unbranched alkanes of at least 4 members (excludes halogenated alkanes) is 46. The summed E-state index contributed by atoms with van der Waals surface area (Å²) in [6, 6.07) is -0.799. The van der Waals surface area contributed by atoms with Gasteiger partial charge in [-0.2, -0.15) is 0 Å². The van der Waals surface area contributed by atoms with Crippen LogP contribution >= 0.6 is 7.82 Å². The van der Waals surface area contributed by atoms with Crippen LogP contribution in [0.3, 0.4) is 0 Å². The molecule has 1 amide bonds. The van der Waals surface area contributed by atoms with Gasteiger partial charge in [0.25, 0.3) is 7.82 Å². The molecule has 0 saturated heterocycles. The molecule has 0 aromatic carbocycles. The number of phosphoric ester groups is 1. The summed E-state index contributed by atoms with van der Waals surface area (Å²) >= 11 is 0. The van der Waals surface area contributed by atoms with E-state index in [9.17, 15) is 19.4 Å². The van der Waals surface area contributed by atoms with Crippen molar-refractivity contribution in [2.75, 3.05) is 40.9 Å². The van der Waals surface area contributed by atoms with E-state index < -0.39 is 20.0 Å². The van der Waals surface area contributed by atoms with E-state index in [4.69, 9.17) is 9.05 Å². The number of rotatable bonds is 63. The number of nitrogens with zero attached hydrogens (tertiary/aromatic N) is 1. The van der Waals surface area contributed by atoms with Gasteiger partial charge in [0, 0.05) is 6.42 Å². The maximum absolute atomic E-state index is 13.0. The highest BCUT2D eigenvalue weighted by Gasteiger charge is 2.24. The molecule has 3 atom stereocenters. The fraction of sp³-hybridized carbons (Fsp3) is 0.925. The lowest BCUT2D eigenvalue weighted by Gasteiger charge is -2.30. The van der Waals surface area contributed by atoms with Crippen LogP contribution in [0.25, 0.3) is 0 Å². The zero-order valence-electron chi connectivity index (χ0n) is 51.7. The van der Waals surface area contributed by atoms with E-state index in [-0.39, 0.29) is 19.1 Å². The Morgan fingerprint density at radius 3 is 1.09 bits per heavy atom. The summed E-state index contributed by atoms with van der Waals surface area (Å²) in [5.41, 5.74) is 0. The average molecular weight is 1090 g/mol. The van der Waals surface area contributed by atoms with Crippen molar-refractivity contribution < 1.29 is 32.9 Å². The Morgan fingerprint density at radius 2 is 0.763 bits per heavy atom. The molecule has 0 aromatic rings. The first-order chi connectivity index (χ1) is 37.0. The number of quaternary nitrogens is 1. The first kappa shape index (κ1) is 75.0. The highest BCUT2D eigenvalue weighted by Crippen LogP contribution is 2.38. The van der Waals surface area contributed by atoms with Crippen molar-refractivity contribution >= 4 is 13.7 Å². The molecule has 0 saturated carbocycles. The van der Waals surface area contributed by atoms with E-state index in [0.717, 1.165) is 44.9 Å². The molecule has 0 heterocycles. The Balaban J connectivity index is 4.01. The van der Waals surface area contributed by atoms with Crippen LogP contribution in [0, 0.1) is 0 Å². The Labute approximate surface area is 474 Å². The van der Waals surface area contributed by atoms with Crippen LogP contribution in [0.5, 0.6) is 0 Å². The van der Waals surface area contributed by atoms with E-state index in [1.54, 1.807) is 0 Å². The monoisotopic (exact) mass is 1090 g/mol. The van der Waals surface area contributed by atoms with E-state index in [1.807, 2.05) is 21.1 Å². The second kappa shape index (κ2) is 58.6. The van der Waals surface area contributed by atoms with E-state index in [1.165, 1.54) is 276 Å². The number of phosphoric acid groups is 1. The Morgan fingerprint density at radius 1 is 0.461 bits per heavy atom. The predicted molar refractivity (Wildman–Crippen MR) is 330 cm³/mol. The fourth-order valence-corrected chi connectivity index (χ4v) is 11.2. The van der Waals surface area contributed by atoms with Crippen LogP contribution in [0.15, 0.2) is 24.3 Å². The molecular formula is C67H133N2O6P. The zero-order valence-corrected chi connectivity index (χ0v) is 52.6. The Bertz CT molecular complexity index is 1290. The molecular weight excluding hydrogens is 960 g/mol. The SMILES string of the molecule is CCCCCCC/C=C\C/C=C\CCCCCCCCCCCCCCCCCCCCCC(=O)NC(COP(=O)([O-])OCC[N+](C)(C)C)C(O)CCCCCCCCCCCCCCCCCCCCCCCCC. The van der Waals surface area contributed by atoms with Gasteiger partial charge < -0.3 is 28.8 Å². The van der Waals surface area contributed by atoms with Crippen molar-refractivity contribution in [3.05, 3.63) is 24.3 Å². The molecule has 2 N–H and O–H groups in total. The number of carbonyl (C=O) groups is 1. The molecule has 76 heavy (non-hydrogen) atoms. The number of aliphatic hydroxyl groups excluding tert-OH is 1. The van der Waals surface area contributed by atoms with Crippen LogP contribution in [0.1, 0.15) is 348 Å². The molecule has 0 aliphatic rings. The quantitative estimate of drug-likeness (QED) is 0.0272. The lowest BCUT2D eigenvalue weighted by Crippen LogP contribution is -2.46. The maximum Gasteiger partial charge on any atom is 0.268 e.